The predicted octanol–water partition coefficient (Wildman–Crippen LogP) is 3.43. The predicted molar refractivity (Wildman–Crippen MR) is 89.2 cm³/mol. The monoisotopic (exact) mass is 403 g/mol. The van der Waals surface area contributed by atoms with E-state index < -0.39 is 11.9 Å². The summed E-state index contributed by atoms with van der Waals surface area (Å²) in [5, 5.41) is 9.88. The van der Waals surface area contributed by atoms with E-state index in [2.05, 4.69) is 9.97 Å². The van der Waals surface area contributed by atoms with Crippen LogP contribution in [0.2, 0.25) is 0 Å². The molecule has 1 saturated carbocycles. The topological polar surface area (TPSA) is 76.7 Å². The van der Waals surface area contributed by atoms with E-state index in [0.717, 1.165) is 28.4 Å². The second-order valence-corrected chi connectivity index (χ2v) is 7.98. The van der Waals surface area contributed by atoms with Gasteiger partial charge in [0.2, 0.25) is 5.88 Å². The van der Waals surface area contributed by atoms with Gasteiger partial charge in [0.05, 0.1) is 6.07 Å². The molecule has 1 fully saturated rings. The minimum absolute atomic E-state index is 0.0659. The van der Waals surface area contributed by atoms with Gasteiger partial charge >= 0.3 is 6.18 Å². The molecule has 3 heterocycles. The molecule has 0 amide bonds. The number of aliphatic hydroxyl groups excluding tert-OH is 1. The van der Waals surface area contributed by atoms with Crippen LogP contribution in [-0.2, 0) is 6.18 Å². The Morgan fingerprint density at radius 2 is 2.19 bits per heavy atom. The third-order valence-electron chi connectivity index (χ3n) is 4.18. The van der Waals surface area contributed by atoms with Crippen molar-refractivity contribution in [3.8, 4) is 11.1 Å². The molecular weight excluding hydrogens is 391 g/mol. The largest absolute Gasteiger partial charge is 0.434 e. The van der Waals surface area contributed by atoms with Gasteiger partial charge < -0.3 is 9.84 Å². The van der Waals surface area contributed by atoms with Gasteiger partial charge in [-0.25, -0.2) is 0 Å². The van der Waals surface area contributed by atoms with Crippen LogP contribution in [0.25, 0.3) is 4.96 Å². The average molecular weight is 403 g/mol. The molecule has 0 spiro atoms. The highest BCUT2D eigenvalue weighted by molar-refractivity contribution is 7.17. The van der Waals surface area contributed by atoms with E-state index in [1.54, 1.807) is 0 Å². The number of aromatic nitrogens is 3. The third-order valence-corrected chi connectivity index (χ3v) is 5.87. The van der Waals surface area contributed by atoms with Gasteiger partial charge in [0.25, 0.3) is 10.8 Å². The van der Waals surface area contributed by atoms with Gasteiger partial charge in [-0.05, 0) is 19.3 Å². The second kappa shape index (κ2) is 6.03. The van der Waals surface area contributed by atoms with Crippen LogP contribution in [0.15, 0.2) is 16.2 Å². The summed E-state index contributed by atoms with van der Waals surface area (Å²) < 4.78 is 44.6. The van der Waals surface area contributed by atoms with E-state index in [-0.39, 0.29) is 35.1 Å². The fourth-order valence-electron chi connectivity index (χ4n) is 2.87. The maximum atomic E-state index is 12.6. The first-order valence-electron chi connectivity index (χ1n) is 7.62. The first-order chi connectivity index (χ1) is 12.3. The number of aryl methyl sites for hydroxylation is 1. The van der Waals surface area contributed by atoms with Crippen molar-refractivity contribution in [2.75, 3.05) is 6.61 Å². The van der Waals surface area contributed by atoms with Gasteiger partial charge in [0, 0.05) is 28.5 Å². The number of aliphatic hydroxyl groups is 1. The maximum absolute atomic E-state index is 12.6. The van der Waals surface area contributed by atoms with Crippen LogP contribution >= 0.6 is 22.7 Å². The number of alkyl halides is 3. The summed E-state index contributed by atoms with van der Waals surface area (Å²) in [6.07, 6.45) is -3.74. The lowest BCUT2D eigenvalue weighted by Gasteiger charge is -2.04. The van der Waals surface area contributed by atoms with Crippen molar-refractivity contribution in [3.05, 3.63) is 38.1 Å². The zero-order chi connectivity index (χ0) is 18.6. The van der Waals surface area contributed by atoms with Crippen LogP contribution < -0.4 is 10.3 Å². The lowest BCUT2D eigenvalue weighted by Crippen LogP contribution is -2.15. The summed E-state index contributed by atoms with van der Waals surface area (Å²) in [5.41, 5.74) is -0.587. The Balaban J connectivity index is 1.68. The maximum Gasteiger partial charge on any atom is 0.434 e. The molecule has 6 nitrogen and oxygen atoms in total. The molecule has 0 bridgehead atoms. The van der Waals surface area contributed by atoms with E-state index in [1.165, 1.54) is 15.7 Å². The van der Waals surface area contributed by atoms with Gasteiger partial charge in [0.1, 0.15) is 0 Å². The fraction of sp³-hybridized carbons (Fsp3) is 0.400. The average Bonchev–Trinajstić information content (AvgIpc) is 3.01. The Morgan fingerprint density at radius 3 is 2.81 bits per heavy atom. The van der Waals surface area contributed by atoms with Crippen molar-refractivity contribution in [1.82, 2.24) is 14.4 Å². The van der Waals surface area contributed by atoms with Crippen molar-refractivity contribution in [1.29, 1.82) is 0 Å². The van der Waals surface area contributed by atoms with Gasteiger partial charge in [0.15, 0.2) is 10.7 Å². The molecule has 1 aliphatic rings. The van der Waals surface area contributed by atoms with Crippen molar-refractivity contribution >= 4 is 27.6 Å². The standard InChI is InChI=1S/C15H12F3N3O3S2/c1-6-12(8-2-7(8)4-22)21-11(23)3-10(20-13(21)26-6)24-14-19-9(5-25-14)15(16,17)18/h3,5,7-8,22H,2,4H2,1H3. The number of nitrogens with zero attached hydrogens (tertiary/aromatic N) is 3. The highest BCUT2D eigenvalue weighted by Gasteiger charge is 2.41. The Bertz CT molecular complexity index is 1040. The number of ether oxygens (including phenoxy) is 1. The van der Waals surface area contributed by atoms with Gasteiger partial charge in [-0.3, -0.25) is 9.20 Å². The minimum atomic E-state index is -4.55. The molecule has 0 aromatic carbocycles. The Kier molecular flexibility index (Phi) is 4.04. The molecule has 26 heavy (non-hydrogen) atoms. The molecule has 138 valence electrons. The van der Waals surface area contributed by atoms with Crippen LogP contribution in [-0.4, -0.2) is 26.1 Å². The molecule has 2 unspecified atom stereocenters. The number of fused-ring (bicyclic) bond motifs is 1. The van der Waals surface area contributed by atoms with Crippen molar-refractivity contribution < 1.29 is 23.0 Å². The molecule has 4 rings (SSSR count). The molecule has 3 aromatic heterocycles. The minimum Gasteiger partial charge on any atom is -0.411 e. The van der Waals surface area contributed by atoms with Crippen molar-refractivity contribution in [2.24, 2.45) is 5.92 Å². The summed E-state index contributed by atoms with van der Waals surface area (Å²) in [6.45, 7) is 1.94. The number of thiazole rings is 2. The van der Waals surface area contributed by atoms with E-state index in [4.69, 9.17) is 4.74 Å². The molecule has 11 heteroatoms. The first kappa shape index (κ1) is 17.4. The molecule has 2 atom stereocenters. The van der Waals surface area contributed by atoms with Crippen LogP contribution in [0.3, 0.4) is 0 Å². The highest BCUT2D eigenvalue weighted by atomic mass is 32.1. The SMILES string of the molecule is Cc1sc2nc(Oc3nc(C(F)(F)F)cs3)cc(=O)n2c1C1CC1CO. The lowest BCUT2D eigenvalue weighted by atomic mass is 10.2. The van der Waals surface area contributed by atoms with E-state index in [9.17, 15) is 23.1 Å². The van der Waals surface area contributed by atoms with Crippen LogP contribution in [0.1, 0.15) is 28.6 Å². The smallest absolute Gasteiger partial charge is 0.411 e. The van der Waals surface area contributed by atoms with Gasteiger partial charge in [-0.2, -0.15) is 23.1 Å². The summed E-state index contributed by atoms with van der Waals surface area (Å²) >= 11 is 1.98. The fourth-order valence-corrected chi connectivity index (χ4v) is 4.58. The summed E-state index contributed by atoms with van der Waals surface area (Å²) in [6, 6.07) is 1.13. The molecule has 0 radical (unpaired) electrons. The van der Waals surface area contributed by atoms with E-state index in [0.29, 0.717) is 16.3 Å². The number of hydrogen-bond donors (Lipinski definition) is 1. The first-order valence-corrected chi connectivity index (χ1v) is 9.32. The molecule has 3 aromatic rings. The normalized spacial score (nSPS) is 19.9. The van der Waals surface area contributed by atoms with Gasteiger partial charge in [-0.15, -0.1) is 11.3 Å². The Hall–Kier alpha value is -1.98. The lowest BCUT2D eigenvalue weighted by molar-refractivity contribution is -0.140. The summed E-state index contributed by atoms with van der Waals surface area (Å²) in [5.74, 6) is 0.166. The number of hydrogen-bond acceptors (Lipinski definition) is 7. The number of rotatable bonds is 4. The third kappa shape index (κ3) is 2.99. The second-order valence-electron chi connectivity index (χ2n) is 5.98. The van der Waals surface area contributed by atoms with Crippen LogP contribution in [0.5, 0.6) is 11.1 Å². The van der Waals surface area contributed by atoms with Crippen molar-refractivity contribution in [2.45, 2.75) is 25.4 Å². The highest BCUT2D eigenvalue weighted by Crippen LogP contribution is 2.49. The molecule has 1 N–H and O–H groups in total. The van der Waals surface area contributed by atoms with Crippen LogP contribution in [0.4, 0.5) is 13.2 Å². The Labute approximate surface area is 152 Å². The quantitative estimate of drug-likeness (QED) is 0.722. The van der Waals surface area contributed by atoms with Crippen LogP contribution in [0, 0.1) is 12.8 Å². The Morgan fingerprint density at radius 1 is 1.42 bits per heavy atom. The zero-order valence-corrected chi connectivity index (χ0v) is 14.9. The van der Waals surface area contributed by atoms with E-state index in [1.807, 2.05) is 6.92 Å². The van der Waals surface area contributed by atoms with Crippen molar-refractivity contribution in [3.63, 3.8) is 0 Å². The molecule has 0 aliphatic heterocycles. The van der Waals surface area contributed by atoms with E-state index >= 15 is 0 Å². The zero-order valence-electron chi connectivity index (χ0n) is 13.3. The number of halogens is 3. The molecule has 1 aliphatic carbocycles. The molecular formula is C15H12F3N3O3S2. The summed E-state index contributed by atoms with van der Waals surface area (Å²) in [4.78, 5) is 21.4. The van der Waals surface area contributed by atoms with Gasteiger partial charge in [-0.1, -0.05) is 11.3 Å². The summed E-state index contributed by atoms with van der Waals surface area (Å²) in [7, 11) is 0. The molecule has 0 saturated heterocycles.